The summed E-state index contributed by atoms with van der Waals surface area (Å²) in [6, 6.07) is 30.1. The lowest BCUT2D eigenvalue weighted by Crippen LogP contribution is -2.43. The van der Waals surface area contributed by atoms with Crippen LogP contribution in [0.3, 0.4) is 0 Å². The molecule has 0 unspecified atom stereocenters. The largest absolute Gasteiger partial charge is 0.204 e. The van der Waals surface area contributed by atoms with E-state index in [1.165, 1.54) is 0 Å². The van der Waals surface area contributed by atoms with Gasteiger partial charge in [0.15, 0.2) is 0 Å². The summed E-state index contributed by atoms with van der Waals surface area (Å²) < 4.78 is -1.51. The van der Waals surface area contributed by atoms with Crippen LogP contribution >= 0.6 is 34.8 Å². The molecule has 0 aliphatic carbocycles. The van der Waals surface area contributed by atoms with Gasteiger partial charge in [-0.3, -0.25) is 0 Å². The molecule has 0 amide bonds. The molecular formula is C21H17Cl3. The second kappa shape index (κ2) is 7.19. The van der Waals surface area contributed by atoms with Crippen LogP contribution in [0.25, 0.3) is 0 Å². The molecule has 24 heavy (non-hydrogen) atoms. The molecule has 0 aliphatic rings. The monoisotopic (exact) mass is 374 g/mol. The SMILES string of the molecule is ClC(Cl)(Cl)C(Cc1ccccc1)(c1ccccc1)c1ccccc1. The van der Waals surface area contributed by atoms with Gasteiger partial charge in [-0.1, -0.05) is 126 Å². The van der Waals surface area contributed by atoms with Gasteiger partial charge in [0.1, 0.15) is 0 Å². The first kappa shape index (κ1) is 17.4. The maximum absolute atomic E-state index is 6.61. The molecule has 3 rings (SSSR count). The summed E-state index contributed by atoms with van der Waals surface area (Å²) in [6.07, 6.45) is 0.596. The van der Waals surface area contributed by atoms with E-state index in [-0.39, 0.29) is 0 Å². The summed E-state index contributed by atoms with van der Waals surface area (Å²) in [7, 11) is 0. The number of halogens is 3. The molecule has 3 heteroatoms. The van der Waals surface area contributed by atoms with E-state index in [0.29, 0.717) is 6.42 Å². The van der Waals surface area contributed by atoms with Crippen LogP contribution in [0.1, 0.15) is 16.7 Å². The molecule has 0 fully saturated rings. The molecule has 0 bridgehead atoms. The smallest absolute Gasteiger partial charge is 0.0823 e. The average Bonchev–Trinajstić information content (AvgIpc) is 2.61. The highest BCUT2D eigenvalue weighted by atomic mass is 35.6. The van der Waals surface area contributed by atoms with E-state index in [1.807, 2.05) is 78.9 Å². The van der Waals surface area contributed by atoms with Gasteiger partial charge in [-0.15, -0.1) is 0 Å². The van der Waals surface area contributed by atoms with Crippen molar-refractivity contribution in [3.63, 3.8) is 0 Å². The van der Waals surface area contributed by atoms with Crippen LogP contribution in [-0.4, -0.2) is 3.79 Å². The standard InChI is InChI=1S/C21H17Cl3/c22-21(23,24)20(18-12-6-2-7-13-18,19-14-8-3-9-15-19)16-17-10-4-1-5-11-17/h1-15H,16H2. The number of benzene rings is 3. The Labute approximate surface area is 158 Å². The minimum atomic E-state index is -1.51. The van der Waals surface area contributed by atoms with Gasteiger partial charge < -0.3 is 0 Å². The molecule has 0 N–H and O–H groups in total. The molecule has 0 nitrogen and oxygen atoms in total. The van der Waals surface area contributed by atoms with E-state index in [0.717, 1.165) is 16.7 Å². The maximum Gasteiger partial charge on any atom is 0.204 e. The van der Waals surface area contributed by atoms with Gasteiger partial charge >= 0.3 is 0 Å². The molecule has 0 atom stereocenters. The molecule has 0 saturated heterocycles. The summed E-state index contributed by atoms with van der Waals surface area (Å²) in [4.78, 5) is 0. The van der Waals surface area contributed by atoms with Crippen LogP contribution < -0.4 is 0 Å². The van der Waals surface area contributed by atoms with Gasteiger partial charge in [0.25, 0.3) is 0 Å². The lowest BCUT2D eigenvalue weighted by atomic mass is 9.71. The third-order valence-electron chi connectivity index (χ3n) is 4.33. The minimum absolute atomic E-state index is 0.596. The maximum atomic E-state index is 6.61. The molecule has 3 aromatic carbocycles. The van der Waals surface area contributed by atoms with E-state index in [9.17, 15) is 0 Å². The fraction of sp³-hybridized carbons (Fsp3) is 0.143. The summed E-state index contributed by atoms with van der Waals surface area (Å²) in [5.41, 5.74) is 2.32. The molecule has 0 saturated carbocycles. The van der Waals surface area contributed by atoms with Crippen molar-refractivity contribution in [3.8, 4) is 0 Å². The van der Waals surface area contributed by atoms with Crippen molar-refractivity contribution in [1.29, 1.82) is 0 Å². The van der Waals surface area contributed by atoms with Crippen LogP contribution in [-0.2, 0) is 11.8 Å². The molecule has 0 aromatic heterocycles. The fourth-order valence-electron chi connectivity index (χ4n) is 3.15. The van der Waals surface area contributed by atoms with Crippen molar-refractivity contribution >= 4 is 34.8 Å². The van der Waals surface area contributed by atoms with Gasteiger partial charge in [-0.25, -0.2) is 0 Å². The zero-order valence-electron chi connectivity index (χ0n) is 13.0. The Morgan fingerprint density at radius 3 is 1.29 bits per heavy atom. The molecule has 0 spiro atoms. The Bertz CT molecular complexity index is 723. The lowest BCUT2D eigenvalue weighted by molar-refractivity contribution is 0.521. The topological polar surface area (TPSA) is 0 Å². The molecule has 122 valence electrons. The summed E-state index contributed by atoms with van der Waals surface area (Å²) in [5, 5.41) is 0. The highest BCUT2D eigenvalue weighted by Crippen LogP contribution is 2.52. The van der Waals surface area contributed by atoms with Crippen molar-refractivity contribution < 1.29 is 0 Å². The zero-order chi connectivity index (χ0) is 17.0. The first-order valence-corrected chi connectivity index (χ1v) is 8.89. The van der Waals surface area contributed by atoms with Crippen molar-refractivity contribution in [2.45, 2.75) is 15.6 Å². The van der Waals surface area contributed by atoms with Crippen LogP contribution in [0, 0.1) is 0 Å². The van der Waals surface area contributed by atoms with E-state index < -0.39 is 9.21 Å². The Balaban J connectivity index is 2.25. The Morgan fingerprint density at radius 2 is 0.917 bits per heavy atom. The van der Waals surface area contributed by atoms with Crippen molar-refractivity contribution in [1.82, 2.24) is 0 Å². The number of hydrogen-bond donors (Lipinski definition) is 0. The Kier molecular flexibility index (Phi) is 5.20. The van der Waals surface area contributed by atoms with Crippen LogP contribution in [0.2, 0.25) is 0 Å². The molecule has 3 aromatic rings. The quantitative estimate of drug-likeness (QED) is 0.451. The summed E-state index contributed by atoms with van der Waals surface area (Å²) >= 11 is 19.8. The third-order valence-corrected chi connectivity index (χ3v) is 5.30. The zero-order valence-corrected chi connectivity index (χ0v) is 15.3. The van der Waals surface area contributed by atoms with Crippen molar-refractivity contribution in [3.05, 3.63) is 108 Å². The van der Waals surface area contributed by atoms with Crippen molar-refractivity contribution in [2.24, 2.45) is 0 Å². The Morgan fingerprint density at radius 1 is 0.542 bits per heavy atom. The highest BCUT2D eigenvalue weighted by molar-refractivity contribution is 6.68. The van der Waals surface area contributed by atoms with Gasteiger partial charge in [0.05, 0.1) is 5.41 Å². The van der Waals surface area contributed by atoms with Crippen LogP contribution in [0.5, 0.6) is 0 Å². The fourth-order valence-corrected chi connectivity index (χ4v) is 4.00. The molecule has 0 aliphatic heterocycles. The van der Waals surface area contributed by atoms with Gasteiger partial charge in [0, 0.05) is 0 Å². The van der Waals surface area contributed by atoms with Gasteiger partial charge in [-0.05, 0) is 23.1 Å². The Hall–Kier alpha value is -1.47. The molecule has 0 heterocycles. The van der Waals surface area contributed by atoms with E-state index in [2.05, 4.69) is 12.1 Å². The number of hydrogen-bond acceptors (Lipinski definition) is 0. The van der Waals surface area contributed by atoms with Crippen molar-refractivity contribution in [2.75, 3.05) is 0 Å². The number of alkyl halides is 3. The molecule has 0 radical (unpaired) electrons. The normalized spacial score (nSPS) is 12.1. The highest BCUT2D eigenvalue weighted by Gasteiger charge is 2.50. The molecular weight excluding hydrogens is 359 g/mol. The van der Waals surface area contributed by atoms with Gasteiger partial charge in [-0.2, -0.15) is 0 Å². The van der Waals surface area contributed by atoms with E-state index >= 15 is 0 Å². The number of rotatable bonds is 4. The van der Waals surface area contributed by atoms with E-state index in [4.69, 9.17) is 34.8 Å². The first-order chi connectivity index (χ1) is 11.5. The predicted molar refractivity (Wildman–Crippen MR) is 104 cm³/mol. The lowest BCUT2D eigenvalue weighted by Gasteiger charge is -2.41. The predicted octanol–water partition coefficient (Wildman–Crippen LogP) is 6.59. The summed E-state index contributed by atoms with van der Waals surface area (Å²) in [5.74, 6) is 0. The van der Waals surface area contributed by atoms with Crippen LogP contribution in [0.4, 0.5) is 0 Å². The first-order valence-electron chi connectivity index (χ1n) is 7.76. The average molecular weight is 376 g/mol. The summed E-state index contributed by atoms with van der Waals surface area (Å²) in [6.45, 7) is 0. The van der Waals surface area contributed by atoms with Crippen LogP contribution in [0.15, 0.2) is 91.0 Å². The second-order valence-electron chi connectivity index (χ2n) is 5.80. The second-order valence-corrected chi connectivity index (χ2v) is 8.08. The minimum Gasteiger partial charge on any atom is -0.0823 e. The third kappa shape index (κ3) is 3.32. The van der Waals surface area contributed by atoms with E-state index in [1.54, 1.807) is 0 Å². The van der Waals surface area contributed by atoms with Gasteiger partial charge in [0.2, 0.25) is 3.79 Å².